The van der Waals surface area contributed by atoms with Gasteiger partial charge in [0.15, 0.2) is 10.8 Å². The summed E-state index contributed by atoms with van der Waals surface area (Å²) >= 11 is 11.6. The van der Waals surface area contributed by atoms with Crippen LogP contribution < -0.4 is 15.1 Å². The van der Waals surface area contributed by atoms with E-state index in [1.54, 1.807) is 24.3 Å². The van der Waals surface area contributed by atoms with E-state index in [1.807, 2.05) is 0 Å². The maximum Gasteiger partial charge on any atom is 0.419 e. The van der Waals surface area contributed by atoms with Crippen molar-refractivity contribution in [1.82, 2.24) is 10.3 Å². The summed E-state index contributed by atoms with van der Waals surface area (Å²) < 4.78 is 55.9. The van der Waals surface area contributed by atoms with Crippen molar-refractivity contribution < 1.29 is 27.2 Å². The number of anilines is 2. The molecular weight excluding hydrogens is 570 g/mol. The monoisotopic (exact) mass is 587 g/mol. The fraction of sp³-hybridized carbons (Fsp3) is 0.222. The normalized spacial score (nSPS) is 16.2. The van der Waals surface area contributed by atoms with E-state index in [4.69, 9.17) is 29.1 Å². The van der Waals surface area contributed by atoms with Crippen LogP contribution in [0.2, 0.25) is 5.02 Å². The van der Waals surface area contributed by atoms with E-state index in [2.05, 4.69) is 10.3 Å². The lowest BCUT2D eigenvalue weighted by Gasteiger charge is -2.43. The van der Waals surface area contributed by atoms with Crippen molar-refractivity contribution in [2.45, 2.75) is 37.5 Å². The molecule has 0 bridgehead atoms. The Morgan fingerprint density at radius 2 is 1.90 bits per heavy atom. The van der Waals surface area contributed by atoms with Gasteiger partial charge in [0.05, 0.1) is 23.0 Å². The number of thiocarbonyl (C=S) groups is 1. The van der Waals surface area contributed by atoms with Gasteiger partial charge in [0, 0.05) is 17.3 Å². The minimum absolute atomic E-state index is 0.0705. The van der Waals surface area contributed by atoms with Gasteiger partial charge in [0.2, 0.25) is 0 Å². The topological polar surface area (TPSA) is 89.3 Å². The molecule has 2 fully saturated rings. The van der Waals surface area contributed by atoms with E-state index in [0.717, 1.165) is 17.2 Å². The SMILES string of the molecule is N#Cc1ncc(N2C(=O)C3(CCC3)N(c3ccc(C(=O)NCc4ccccc4Cl)c(F)c3)C2=S)cc1C(F)(F)F. The van der Waals surface area contributed by atoms with Crippen LogP contribution in [0, 0.1) is 17.1 Å². The van der Waals surface area contributed by atoms with Crippen molar-refractivity contribution in [3.63, 3.8) is 0 Å². The largest absolute Gasteiger partial charge is 0.419 e. The third kappa shape index (κ3) is 4.55. The standard InChI is InChI=1S/C27H18ClF4N5O2S/c28-20-5-2-1-4-15(20)13-35-23(38)18-7-6-16(11-21(18)29)37-25(40)36(24(39)26(37)8-3-9-26)17-10-19(27(30,31)32)22(12-33)34-14-17/h1-2,4-7,10-11,14H,3,8-9,13H2,(H,35,38). The Labute approximate surface area is 236 Å². The summed E-state index contributed by atoms with van der Waals surface area (Å²) in [5, 5.41) is 11.9. The van der Waals surface area contributed by atoms with Crippen LogP contribution in [0.1, 0.15) is 46.4 Å². The molecular formula is C27H18ClF4N5O2S. The zero-order valence-corrected chi connectivity index (χ0v) is 22.0. The highest BCUT2D eigenvalue weighted by Gasteiger charge is 2.60. The lowest BCUT2D eigenvalue weighted by atomic mass is 9.75. The van der Waals surface area contributed by atoms with Crippen molar-refractivity contribution >= 4 is 52.1 Å². The molecule has 3 aromatic rings. The summed E-state index contributed by atoms with van der Waals surface area (Å²) in [6.07, 6.45) is -2.61. The van der Waals surface area contributed by atoms with Gasteiger partial charge in [-0.15, -0.1) is 0 Å². The number of benzene rings is 2. The smallest absolute Gasteiger partial charge is 0.348 e. The molecule has 1 aliphatic heterocycles. The lowest BCUT2D eigenvalue weighted by molar-refractivity contribution is -0.138. The average Bonchev–Trinajstić information content (AvgIpc) is 3.13. The second-order valence-corrected chi connectivity index (χ2v) is 10.1. The second-order valence-electron chi connectivity index (χ2n) is 9.28. The number of hydrogen-bond acceptors (Lipinski definition) is 5. The summed E-state index contributed by atoms with van der Waals surface area (Å²) in [5.41, 5.74) is -3.06. The van der Waals surface area contributed by atoms with E-state index in [0.29, 0.717) is 35.9 Å². The fourth-order valence-corrected chi connectivity index (χ4v) is 5.50. The Hall–Kier alpha value is -4.08. The number of rotatable bonds is 5. The molecule has 40 heavy (non-hydrogen) atoms. The first-order chi connectivity index (χ1) is 19.0. The Kier molecular flexibility index (Phi) is 6.97. The number of carbonyl (C=O) groups is 2. The molecule has 1 N–H and O–H groups in total. The van der Waals surface area contributed by atoms with Gasteiger partial charge in [-0.2, -0.15) is 18.4 Å². The highest BCUT2D eigenvalue weighted by Crippen LogP contribution is 2.48. The van der Waals surface area contributed by atoms with E-state index < -0.39 is 40.6 Å². The molecule has 2 aliphatic rings. The van der Waals surface area contributed by atoms with Crippen LogP contribution in [0.5, 0.6) is 0 Å². The Balaban J connectivity index is 1.45. The summed E-state index contributed by atoms with van der Waals surface area (Å²) in [5.74, 6) is -2.14. The molecule has 7 nitrogen and oxygen atoms in total. The molecule has 2 heterocycles. The third-order valence-corrected chi connectivity index (χ3v) is 7.72. The number of carbonyl (C=O) groups excluding carboxylic acids is 2. The Morgan fingerprint density at radius 3 is 2.50 bits per heavy atom. The number of nitrogens with one attached hydrogen (secondary N) is 1. The zero-order valence-electron chi connectivity index (χ0n) is 20.4. The van der Waals surface area contributed by atoms with Gasteiger partial charge in [-0.05, 0) is 67.4 Å². The maximum absolute atomic E-state index is 15.2. The summed E-state index contributed by atoms with van der Waals surface area (Å²) in [4.78, 5) is 32.2. The van der Waals surface area contributed by atoms with Crippen molar-refractivity contribution in [3.05, 3.63) is 88.0 Å². The van der Waals surface area contributed by atoms with Gasteiger partial charge < -0.3 is 10.2 Å². The summed E-state index contributed by atoms with van der Waals surface area (Å²) in [7, 11) is 0. The van der Waals surface area contributed by atoms with E-state index in [-0.39, 0.29) is 28.6 Å². The van der Waals surface area contributed by atoms with Crippen LogP contribution in [-0.4, -0.2) is 27.4 Å². The van der Waals surface area contributed by atoms with Crippen LogP contribution in [0.25, 0.3) is 0 Å². The van der Waals surface area contributed by atoms with Crippen molar-refractivity contribution in [3.8, 4) is 6.07 Å². The molecule has 0 radical (unpaired) electrons. The highest BCUT2D eigenvalue weighted by molar-refractivity contribution is 7.81. The van der Waals surface area contributed by atoms with Crippen molar-refractivity contribution in [2.75, 3.05) is 9.80 Å². The first kappa shape index (κ1) is 27.5. The van der Waals surface area contributed by atoms with E-state index in [9.17, 15) is 22.8 Å². The van der Waals surface area contributed by atoms with Crippen molar-refractivity contribution in [2.24, 2.45) is 0 Å². The second kappa shape index (κ2) is 10.1. The molecule has 2 amide bonds. The summed E-state index contributed by atoms with van der Waals surface area (Å²) in [6.45, 7) is 0.0705. The minimum Gasteiger partial charge on any atom is -0.348 e. The molecule has 1 aromatic heterocycles. The number of amides is 2. The molecule has 204 valence electrons. The molecule has 13 heteroatoms. The third-order valence-electron chi connectivity index (χ3n) is 6.99. The van der Waals surface area contributed by atoms with Crippen LogP contribution in [0.4, 0.5) is 28.9 Å². The summed E-state index contributed by atoms with van der Waals surface area (Å²) in [6, 6.07) is 12.7. The predicted molar refractivity (Wildman–Crippen MR) is 142 cm³/mol. The zero-order chi connectivity index (χ0) is 28.8. The molecule has 1 saturated carbocycles. The quantitative estimate of drug-likeness (QED) is 0.302. The van der Waals surface area contributed by atoms with Crippen LogP contribution in [0.3, 0.4) is 0 Å². The number of hydrogen-bond donors (Lipinski definition) is 1. The fourth-order valence-electron chi connectivity index (χ4n) is 4.83. The predicted octanol–water partition coefficient (Wildman–Crippen LogP) is 5.76. The highest BCUT2D eigenvalue weighted by atomic mass is 35.5. The van der Waals surface area contributed by atoms with Gasteiger partial charge in [-0.1, -0.05) is 29.8 Å². The average molecular weight is 588 g/mol. The van der Waals surface area contributed by atoms with Crippen molar-refractivity contribution in [1.29, 1.82) is 5.26 Å². The van der Waals surface area contributed by atoms with Crippen LogP contribution in [0.15, 0.2) is 54.7 Å². The number of nitrogens with zero attached hydrogens (tertiary/aromatic N) is 4. The van der Waals surface area contributed by atoms with Crippen LogP contribution in [-0.2, 0) is 17.5 Å². The van der Waals surface area contributed by atoms with Gasteiger partial charge in [-0.25, -0.2) is 9.37 Å². The molecule has 0 unspecified atom stereocenters. The molecule has 1 aliphatic carbocycles. The number of pyridine rings is 1. The van der Waals surface area contributed by atoms with Gasteiger partial charge in [0.25, 0.3) is 11.8 Å². The molecule has 1 spiro atoms. The lowest BCUT2D eigenvalue weighted by Crippen LogP contribution is -2.55. The van der Waals surface area contributed by atoms with Crippen LogP contribution >= 0.6 is 23.8 Å². The molecule has 5 rings (SSSR count). The Morgan fingerprint density at radius 1 is 1.18 bits per heavy atom. The molecule has 2 aromatic carbocycles. The van der Waals surface area contributed by atoms with Gasteiger partial charge in [-0.3, -0.25) is 14.5 Å². The van der Waals surface area contributed by atoms with Gasteiger partial charge >= 0.3 is 6.18 Å². The number of halogens is 5. The van der Waals surface area contributed by atoms with E-state index >= 15 is 4.39 Å². The van der Waals surface area contributed by atoms with Gasteiger partial charge in [0.1, 0.15) is 17.4 Å². The number of alkyl halides is 3. The Bertz CT molecular complexity index is 1600. The first-order valence-electron chi connectivity index (χ1n) is 11.9. The number of nitriles is 1. The molecule has 0 atom stereocenters. The number of aromatic nitrogens is 1. The first-order valence-corrected chi connectivity index (χ1v) is 12.7. The van der Waals surface area contributed by atoms with E-state index in [1.165, 1.54) is 23.1 Å². The maximum atomic E-state index is 15.2. The minimum atomic E-state index is -4.89. The molecule has 1 saturated heterocycles.